The third kappa shape index (κ3) is 3.99. The third-order valence-corrected chi connectivity index (χ3v) is 4.20. The molecule has 0 bridgehead atoms. The fourth-order valence-corrected chi connectivity index (χ4v) is 2.81. The van der Waals surface area contributed by atoms with Gasteiger partial charge >= 0.3 is 0 Å². The van der Waals surface area contributed by atoms with Gasteiger partial charge in [0.05, 0.1) is 5.97 Å². The second-order valence-corrected chi connectivity index (χ2v) is 5.99. The van der Waals surface area contributed by atoms with Crippen LogP contribution in [-0.2, 0) is 4.79 Å². The number of likely N-dealkylation sites (tertiary alicyclic amines) is 1. The highest BCUT2D eigenvalue weighted by Crippen LogP contribution is 2.22. The molecular formula is C10H16NO2S2-. The second-order valence-electron chi connectivity index (χ2n) is 4.01. The van der Waals surface area contributed by atoms with E-state index in [0.717, 1.165) is 31.8 Å². The molecule has 0 unspecified atom stereocenters. The highest BCUT2D eigenvalue weighted by Gasteiger charge is 2.19. The first-order valence-electron chi connectivity index (χ1n) is 5.17. The first-order chi connectivity index (χ1) is 7.00. The zero-order chi connectivity index (χ0) is 11.4. The number of thiocarbonyl (C=S) groups is 1. The van der Waals surface area contributed by atoms with Crippen molar-refractivity contribution in [2.75, 3.05) is 13.1 Å². The van der Waals surface area contributed by atoms with E-state index >= 15 is 0 Å². The summed E-state index contributed by atoms with van der Waals surface area (Å²) >= 11 is 6.42. The number of rotatable bonds is 2. The van der Waals surface area contributed by atoms with Crippen LogP contribution in [0.3, 0.4) is 0 Å². The van der Waals surface area contributed by atoms with Crippen molar-refractivity contribution in [2.24, 2.45) is 5.92 Å². The number of aliphatic carboxylic acids is 1. The summed E-state index contributed by atoms with van der Waals surface area (Å²) < 4.78 is 0.693. The molecule has 0 aromatic rings. The molecule has 1 aliphatic rings. The number of nitrogens with zero attached hydrogens (tertiary/aromatic N) is 1. The molecule has 1 rings (SSSR count). The highest BCUT2D eigenvalue weighted by molar-refractivity contribution is 8.23. The summed E-state index contributed by atoms with van der Waals surface area (Å²) in [6, 6.07) is 0. The number of hydrogen-bond acceptors (Lipinski definition) is 4. The molecule has 86 valence electrons. The maximum Gasteiger partial charge on any atom is 0.137 e. The molecule has 0 radical (unpaired) electrons. The van der Waals surface area contributed by atoms with Gasteiger partial charge in [0, 0.05) is 18.3 Å². The van der Waals surface area contributed by atoms with Gasteiger partial charge in [-0.25, -0.2) is 0 Å². The molecule has 0 amide bonds. The molecule has 0 aromatic heterocycles. The van der Waals surface area contributed by atoms with E-state index in [-0.39, 0.29) is 0 Å². The molecule has 1 atom stereocenters. The summed E-state index contributed by atoms with van der Waals surface area (Å²) in [5, 5.41) is 10.0. The summed E-state index contributed by atoms with van der Waals surface area (Å²) in [7, 11) is 0. The number of carboxylic acids is 1. The summed E-state index contributed by atoms with van der Waals surface area (Å²) in [6.45, 7) is 5.75. The van der Waals surface area contributed by atoms with E-state index < -0.39 is 11.2 Å². The second kappa shape index (κ2) is 5.70. The fourth-order valence-electron chi connectivity index (χ4n) is 1.47. The first-order valence-corrected chi connectivity index (χ1v) is 6.46. The van der Waals surface area contributed by atoms with Crippen molar-refractivity contribution in [3.05, 3.63) is 0 Å². The van der Waals surface area contributed by atoms with Crippen molar-refractivity contribution in [2.45, 2.75) is 31.9 Å². The molecule has 0 N–H and O–H groups in total. The Bertz CT molecular complexity index is 250. The molecule has 3 nitrogen and oxygen atoms in total. The Balaban J connectivity index is 2.37. The molecule has 1 fully saturated rings. The summed E-state index contributed by atoms with van der Waals surface area (Å²) in [5.74, 6) is -0.291. The number of carboxylic acid groups (broad SMARTS) is 1. The van der Waals surface area contributed by atoms with Gasteiger partial charge in [0.25, 0.3) is 0 Å². The van der Waals surface area contributed by atoms with Crippen LogP contribution < -0.4 is 5.11 Å². The van der Waals surface area contributed by atoms with Gasteiger partial charge in [-0.3, -0.25) is 0 Å². The van der Waals surface area contributed by atoms with Gasteiger partial charge in [0.2, 0.25) is 0 Å². The van der Waals surface area contributed by atoms with Gasteiger partial charge in [0.15, 0.2) is 0 Å². The van der Waals surface area contributed by atoms with Gasteiger partial charge in [-0.2, -0.15) is 0 Å². The van der Waals surface area contributed by atoms with Crippen molar-refractivity contribution in [3.8, 4) is 0 Å². The minimum atomic E-state index is -1.05. The number of carbonyl (C=O) groups is 1. The van der Waals surface area contributed by atoms with Crippen LogP contribution in [0.15, 0.2) is 0 Å². The lowest BCUT2D eigenvalue weighted by Crippen LogP contribution is -2.38. The predicted molar refractivity (Wildman–Crippen MR) is 64.6 cm³/mol. The molecule has 0 spiro atoms. The van der Waals surface area contributed by atoms with E-state index in [9.17, 15) is 9.90 Å². The van der Waals surface area contributed by atoms with Crippen LogP contribution in [0.5, 0.6) is 0 Å². The van der Waals surface area contributed by atoms with E-state index in [2.05, 4.69) is 11.8 Å². The molecule has 1 saturated heterocycles. The Morgan fingerprint density at radius 1 is 1.53 bits per heavy atom. The zero-order valence-corrected chi connectivity index (χ0v) is 10.7. The van der Waals surface area contributed by atoms with Crippen molar-refractivity contribution in [1.82, 2.24) is 4.90 Å². The highest BCUT2D eigenvalue weighted by atomic mass is 32.2. The fraction of sp³-hybridized carbons (Fsp3) is 0.800. The molecule has 0 aliphatic carbocycles. The molecule has 0 aromatic carbocycles. The normalized spacial score (nSPS) is 20.0. The van der Waals surface area contributed by atoms with E-state index in [4.69, 9.17) is 12.2 Å². The Hall–Kier alpha value is -0.290. The van der Waals surface area contributed by atoms with Crippen molar-refractivity contribution >= 4 is 34.3 Å². The van der Waals surface area contributed by atoms with E-state index in [1.165, 1.54) is 11.8 Å². The molecule has 5 heteroatoms. The first kappa shape index (κ1) is 12.8. The van der Waals surface area contributed by atoms with Crippen molar-refractivity contribution in [3.63, 3.8) is 0 Å². The van der Waals surface area contributed by atoms with Crippen LogP contribution >= 0.6 is 24.0 Å². The van der Waals surface area contributed by atoms with Crippen molar-refractivity contribution in [1.29, 1.82) is 0 Å². The minimum absolute atomic E-state index is 0.558. The number of piperidine rings is 1. The topological polar surface area (TPSA) is 43.4 Å². The van der Waals surface area contributed by atoms with Crippen LogP contribution in [-0.4, -0.2) is 33.5 Å². The zero-order valence-electron chi connectivity index (χ0n) is 9.06. The smallest absolute Gasteiger partial charge is 0.137 e. The van der Waals surface area contributed by atoms with Gasteiger partial charge in [0.1, 0.15) is 4.32 Å². The van der Waals surface area contributed by atoms with Crippen LogP contribution in [0.2, 0.25) is 0 Å². The largest absolute Gasteiger partial charge is 0.549 e. The predicted octanol–water partition coefficient (Wildman–Crippen LogP) is 0.875. The molecule has 1 heterocycles. The molecule has 0 saturated carbocycles. The lowest BCUT2D eigenvalue weighted by atomic mass is 10.00. The average Bonchev–Trinajstić information content (AvgIpc) is 2.18. The molecular weight excluding hydrogens is 230 g/mol. The SMILES string of the molecule is CC1CCN(C(=S)S[C@@H](C)C(=O)[O-])CC1. The lowest BCUT2D eigenvalue weighted by molar-refractivity contribution is -0.304. The average molecular weight is 246 g/mol. The standard InChI is InChI=1S/C10H17NO2S2/c1-7-3-5-11(6-4-7)10(14)15-8(2)9(12)13/h7-8H,3-6H2,1-2H3,(H,12,13)/p-1/t8-/m0/s1. The van der Waals surface area contributed by atoms with E-state index in [0.29, 0.717) is 4.32 Å². The Morgan fingerprint density at radius 3 is 2.53 bits per heavy atom. The Labute approximate surface area is 100 Å². The number of carbonyl (C=O) groups excluding carboxylic acids is 1. The van der Waals surface area contributed by atoms with Crippen LogP contribution in [0.4, 0.5) is 0 Å². The minimum Gasteiger partial charge on any atom is -0.549 e. The van der Waals surface area contributed by atoms with Crippen molar-refractivity contribution < 1.29 is 9.90 Å². The number of thioether (sulfide) groups is 1. The van der Waals surface area contributed by atoms with Crippen LogP contribution in [0.25, 0.3) is 0 Å². The van der Waals surface area contributed by atoms with E-state index in [1.807, 2.05) is 0 Å². The van der Waals surface area contributed by atoms with Gasteiger partial charge in [-0.15, -0.1) is 0 Å². The Morgan fingerprint density at radius 2 is 2.07 bits per heavy atom. The lowest BCUT2D eigenvalue weighted by Gasteiger charge is -2.32. The van der Waals surface area contributed by atoms with Gasteiger partial charge in [-0.1, -0.05) is 30.9 Å². The maximum atomic E-state index is 10.6. The summed E-state index contributed by atoms with van der Waals surface area (Å²) in [6.07, 6.45) is 2.28. The van der Waals surface area contributed by atoms with Gasteiger partial charge < -0.3 is 14.8 Å². The van der Waals surface area contributed by atoms with E-state index in [1.54, 1.807) is 6.92 Å². The quantitative estimate of drug-likeness (QED) is 0.677. The summed E-state index contributed by atoms with van der Waals surface area (Å²) in [5.41, 5.74) is 0. The third-order valence-electron chi connectivity index (χ3n) is 2.65. The maximum absolute atomic E-state index is 10.6. The molecule has 1 aliphatic heterocycles. The summed E-state index contributed by atoms with van der Waals surface area (Å²) in [4.78, 5) is 12.7. The molecule has 15 heavy (non-hydrogen) atoms. The monoisotopic (exact) mass is 246 g/mol. The van der Waals surface area contributed by atoms with Crippen LogP contribution in [0.1, 0.15) is 26.7 Å². The van der Waals surface area contributed by atoms with Crippen LogP contribution in [0, 0.1) is 5.92 Å². The number of hydrogen-bond donors (Lipinski definition) is 0. The Kier molecular flexibility index (Phi) is 4.86. The van der Waals surface area contributed by atoms with Gasteiger partial charge in [-0.05, 0) is 25.7 Å².